The number of nitrogen functional groups attached to an aromatic ring is 1. The number of anilines is 1. The summed E-state index contributed by atoms with van der Waals surface area (Å²) in [7, 11) is 0. The van der Waals surface area contributed by atoms with Crippen LogP contribution in [0.5, 0.6) is 0 Å². The molecule has 0 heterocycles. The fraction of sp³-hybridized carbons (Fsp3) is 0.400. The van der Waals surface area contributed by atoms with Crippen molar-refractivity contribution in [1.82, 2.24) is 0 Å². The quantitative estimate of drug-likeness (QED) is 0.595. The van der Waals surface area contributed by atoms with E-state index in [-0.39, 0.29) is 11.5 Å². The Morgan fingerprint density at radius 1 is 1.46 bits per heavy atom. The van der Waals surface area contributed by atoms with Gasteiger partial charge in [-0.15, -0.1) is 0 Å². The summed E-state index contributed by atoms with van der Waals surface area (Å²) in [5.74, 6) is 1.52. The third-order valence-corrected chi connectivity index (χ3v) is 2.93. The normalized spacial score (nSPS) is 10.3. The second-order valence-electron chi connectivity index (χ2n) is 2.87. The SMILES string of the molecule is CCCSCc1cccc(N)c1F. The number of thioether (sulfide) groups is 1. The maximum Gasteiger partial charge on any atom is 0.150 e. The van der Waals surface area contributed by atoms with Crippen LogP contribution in [-0.4, -0.2) is 5.75 Å². The van der Waals surface area contributed by atoms with Crippen molar-refractivity contribution in [1.29, 1.82) is 0 Å². The fourth-order valence-corrected chi connectivity index (χ4v) is 1.91. The van der Waals surface area contributed by atoms with E-state index < -0.39 is 0 Å². The molecule has 0 fully saturated rings. The highest BCUT2D eigenvalue weighted by atomic mass is 32.2. The van der Waals surface area contributed by atoms with E-state index in [1.807, 2.05) is 0 Å². The molecule has 0 saturated heterocycles. The lowest BCUT2D eigenvalue weighted by Gasteiger charge is -2.04. The van der Waals surface area contributed by atoms with Gasteiger partial charge in [-0.1, -0.05) is 19.1 Å². The van der Waals surface area contributed by atoms with Crippen molar-refractivity contribution in [3.63, 3.8) is 0 Å². The van der Waals surface area contributed by atoms with Gasteiger partial charge in [0, 0.05) is 5.75 Å². The molecule has 0 radical (unpaired) electrons. The molecular formula is C10H14FNS. The van der Waals surface area contributed by atoms with E-state index in [1.54, 1.807) is 30.0 Å². The van der Waals surface area contributed by atoms with Crippen LogP contribution >= 0.6 is 11.8 Å². The molecule has 0 bridgehead atoms. The van der Waals surface area contributed by atoms with E-state index in [0.717, 1.165) is 12.2 Å². The molecule has 0 atom stereocenters. The van der Waals surface area contributed by atoms with Gasteiger partial charge in [-0.25, -0.2) is 4.39 Å². The second kappa shape index (κ2) is 5.12. The van der Waals surface area contributed by atoms with E-state index in [0.29, 0.717) is 11.3 Å². The fourth-order valence-electron chi connectivity index (χ4n) is 1.04. The van der Waals surface area contributed by atoms with Gasteiger partial charge in [0.05, 0.1) is 5.69 Å². The standard InChI is InChI=1S/C10H14FNS/c1-2-6-13-7-8-4-3-5-9(12)10(8)11/h3-5H,2,6-7,12H2,1H3. The number of hydrogen-bond donors (Lipinski definition) is 1. The van der Waals surface area contributed by atoms with E-state index in [1.165, 1.54) is 0 Å². The summed E-state index contributed by atoms with van der Waals surface area (Å²) in [6.07, 6.45) is 1.12. The first kappa shape index (κ1) is 10.4. The van der Waals surface area contributed by atoms with Crippen molar-refractivity contribution in [3.8, 4) is 0 Å². The highest BCUT2D eigenvalue weighted by Crippen LogP contribution is 2.19. The van der Waals surface area contributed by atoms with Crippen LogP contribution in [0.1, 0.15) is 18.9 Å². The van der Waals surface area contributed by atoms with Gasteiger partial charge in [-0.05, 0) is 23.8 Å². The van der Waals surface area contributed by atoms with Gasteiger partial charge in [0.1, 0.15) is 5.82 Å². The topological polar surface area (TPSA) is 26.0 Å². The second-order valence-corrected chi connectivity index (χ2v) is 3.98. The third-order valence-electron chi connectivity index (χ3n) is 1.71. The zero-order valence-electron chi connectivity index (χ0n) is 7.72. The molecule has 1 aromatic carbocycles. The summed E-state index contributed by atoms with van der Waals surface area (Å²) in [5, 5.41) is 0. The summed E-state index contributed by atoms with van der Waals surface area (Å²) in [4.78, 5) is 0. The molecule has 1 rings (SSSR count). The molecule has 1 aromatic rings. The van der Waals surface area contributed by atoms with E-state index in [2.05, 4.69) is 6.92 Å². The van der Waals surface area contributed by atoms with Crippen LogP contribution < -0.4 is 5.73 Å². The Morgan fingerprint density at radius 3 is 2.92 bits per heavy atom. The summed E-state index contributed by atoms with van der Waals surface area (Å²) < 4.78 is 13.3. The Kier molecular flexibility index (Phi) is 4.09. The Labute approximate surface area is 82.5 Å². The molecule has 0 unspecified atom stereocenters. The summed E-state index contributed by atoms with van der Waals surface area (Å²) >= 11 is 1.73. The number of rotatable bonds is 4. The van der Waals surface area contributed by atoms with Crippen molar-refractivity contribution in [2.45, 2.75) is 19.1 Å². The van der Waals surface area contributed by atoms with Gasteiger partial charge in [0.25, 0.3) is 0 Å². The molecule has 0 spiro atoms. The maximum atomic E-state index is 13.3. The van der Waals surface area contributed by atoms with Crippen molar-refractivity contribution in [2.24, 2.45) is 0 Å². The monoisotopic (exact) mass is 199 g/mol. The van der Waals surface area contributed by atoms with Crippen LogP contribution in [0, 0.1) is 5.82 Å². The number of hydrogen-bond acceptors (Lipinski definition) is 2. The minimum atomic E-state index is -0.258. The molecule has 2 N–H and O–H groups in total. The highest BCUT2D eigenvalue weighted by Gasteiger charge is 2.04. The zero-order valence-corrected chi connectivity index (χ0v) is 8.53. The first-order valence-electron chi connectivity index (χ1n) is 4.36. The van der Waals surface area contributed by atoms with E-state index in [4.69, 9.17) is 5.73 Å². The Balaban J connectivity index is 2.61. The van der Waals surface area contributed by atoms with Gasteiger partial charge in [-0.2, -0.15) is 11.8 Å². The highest BCUT2D eigenvalue weighted by molar-refractivity contribution is 7.98. The summed E-state index contributed by atoms with van der Waals surface area (Å²) in [6, 6.07) is 5.16. The lowest BCUT2D eigenvalue weighted by molar-refractivity contribution is 0.622. The van der Waals surface area contributed by atoms with Crippen LogP contribution in [0.4, 0.5) is 10.1 Å². The first-order chi connectivity index (χ1) is 6.25. The van der Waals surface area contributed by atoms with Gasteiger partial charge in [0.2, 0.25) is 0 Å². The molecule has 1 nitrogen and oxygen atoms in total. The average molecular weight is 199 g/mol. The summed E-state index contributed by atoms with van der Waals surface area (Å²) in [5.41, 5.74) is 6.39. The molecule has 0 saturated carbocycles. The maximum absolute atomic E-state index is 13.3. The molecule has 0 aliphatic rings. The number of nitrogens with two attached hydrogens (primary N) is 1. The number of benzene rings is 1. The van der Waals surface area contributed by atoms with Crippen molar-refractivity contribution < 1.29 is 4.39 Å². The van der Waals surface area contributed by atoms with Crippen LogP contribution in [0.2, 0.25) is 0 Å². The van der Waals surface area contributed by atoms with E-state index >= 15 is 0 Å². The van der Waals surface area contributed by atoms with Crippen molar-refractivity contribution >= 4 is 17.4 Å². The van der Waals surface area contributed by atoms with Crippen molar-refractivity contribution in [2.75, 3.05) is 11.5 Å². The van der Waals surface area contributed by atoms with Crippen LogP contribution in [0.3, 0.4) is 0 Å². The van der Waals surface area contributed by atoms with Crippen LogP contribution in [0.25, 0.3) is 0 Å². The zero-order chi connectivity index (χ0) is 9.68. The molecule has 72 valence electrons. The third kappa shape index (κ3) is 2.92. The molecule has 13 heavy (non-hydrogen) atoms. The Bertz CT molecular complexity index is 276. The minimum absolute atomic E-state index is 0.245. The smallest absolute Gasteiger partial charge is 0.150 e. The lowest BCUT2D eigenvalue weighted by atomic mass is 10.2. The molecule has 0 amide bonds. The van der Waals surface area contributed by atoms with Gasteiger partial charge in [-0.3, -0.25) is 0 Å². The Morgan fingerprint density at radius 2 is 2.23 bits per heavy atom. The Hall–Kier alpha value is -0.700. The molecular weight excluding hydrogens is 185 g/mol. The molecule has 0 aromatic heterocycles. The minimum Gasteiger partial charge on any atom is -0.396 e. The summed E-state index contributed by atoms with van der Waals surface area (Å²) in [6.45, 7) is 2.11. The first-order valence-corrected chi connectivity index (χ1v) is 5.51. The van der Waals surface area contributed by atoms with E-state index in [9.17, 15) is 4.39 Å². The van der Waals surface area contributed by atoms with Crippen molar-refractivity contribution in [3.05, 3.63) is 29.6 Å². The largest absolute Gasteiger partial charge is 0.396 e. The predicted molar refractivity (Wildman–Crippen MR) is 57.3 cm³/mol. The average Bonchev–Trinajstić information content (AvgIpc) is 2.13. The van der Waals surface area contributed by atoms with Gasteiger partial charge in [0.15, 0.2) is 0 Å². The lowest BCUT2D eigenvalue weighted by Crippen LogP contribution is -1.95. The molecule has 0 aliphatic carbocycles. The predicted octanol–water partition coefficient (Wildman–Crippen LogP) is 3.05. The molecule has 0 aliphatic heterocycles. The van der Waals surface area contributed by atoms with Gasteiger partial charge < -0.3 is 5.73 Å². The number of halogens is 1. The van der Waals surface area contributed by atoms with Gasteiger partial charge >= 0.3 is 0 Å². The van der Waals surface area contributed by atoms with Crippen LogP contribution in [-0.2, 0) is 5.75 Å². The molecule has 3 heteroatoms. The van der Waals surface area contributed by atoms with Crippen LogP contribution in [0.15, 0.2) is 18.2 Å².